The van der Waals surface area contributed by atoms with Gasteiger partial charge in [-0.25, -0.2) is 17.2 Å². The molecule has 6 aromatic rings. The smallest absolute Gasteiger partial charge is 0.267 e. The van der Waals surface area contributed by atoms with Gasteiger partial charge in [0.1, 0.15) is 34.4 Å². The standard InChI is InChI=1S/C36H27F2N5O3S/c1-25-6-5-7-28(18-25)32-19-34(38)35(20-33(32)37)47(44,45)43(29-14-16-31(17-15-29)46-30-8-3-2-4-9-30)23-36-41-40-24-42(36)22-27-12-10-26(21-39)11-13-27/h2-20,24H,22-23H2,1H3. The number of para-hydroxylation sites is 1. The zero-order valence-electron chi connectivity index (χ0n) is 25.1. The summed E-state index contributed by atoms with van der Waals surface area (Å²) < 4.78 is 68.3. The second-order valence-electron chi connectivity index (χ2n) is 10.7. The van der Waals surface area contributed by atoms with Gasteiger partial charge in [-0.3, -0.25) is 4.31 Å². The van der Waals surface area contributed by atoms with E-state index in [-0.39, 0.29) is 30.2 Å². The summed E-state index contributed by atoms with van der Waals surface area (Å²) in [6, 6.07) is 32.7. The van der Waals surface area contributed by atoms with Crippen molar-refractivity contribution in [3.05, 3.63) is 156 Å². The van der Waals surface area contributed by atoms with Gasteiger partial charge in [-0.1, -0.05) is 60.2 Å². The summed E-state index contributed by atoms with van der Waals surface area (Å²) in [7, 11) is -4.70. The Balaban J connectivity index is 1.38. The Kier molecular flexibility index (Phi) is 8.77. The fraction of sp³-hybridized carbons (Fsp3) is 0.0833. The predicted octanol–water partition coefficient (Wildman–Crippen LogP) is 7.64. The molecule has 0 unspecified atom stereocenters. The third-order valence-corrected chi connectivity index (χ3v) is 9.23. The highest BCUT2D eigenvalue weighted by Crippen LogP contribution is 2.33. The highest BCUT2D eigenvalue weighted by molar-refractivity contribution is 7.92. The number of aromatic nitrogens is 3. The molecule has 0 bridgehead atoms. The highest BCUT2D eigenvalue weighted by Gasteiger charge is 2.31. The van der Waals surface area contributed by atoms with E-state index in [1.54, 1.807) is 71.3 Å². The minimum absolute atomic E-state index is 0.0544. The van der Waals surface area contributed by atoms with Crippen molar-refractivity contribution >= 4 is 15.7 Å². The zero-order valence-corrected chi connectivity index (χ0v) is 25.9. The number of anilines is 1. The molecule has 234 valence electrons. The summed E-state index contributed by atoms with van der Waals surface area (Å²) in [6.07, 6.45) is 1.45. The van der Waals surface area contributed by atoms with Crippen LogP contribution in [-0.4, -0.2) is 23.2 Å². The Morgan fingerprint density at radius 1 is 0.851 bits per heavy atom. The van der Waals surface area contributed by atoms with E-state index in [0.717, 1.165) is 21.5 Å². The average molecular weight is 648 g/mol. The topological polar surface area (TPSA) is 101 Å². The third kappa shape index (κ3) is 6.88. The monoisotopic (exact) mass is 647 g/mol. The van der Waals surface area contributed by atoms with Crippen LogP contribution >= 0.6 is 0 Å². The van der Waals surface area contributed by atoms with E-state index in [1.165, 1.54) is 18.5 Å². The number of nitriles is 1. The lowest BCUT2D eigenvalue weighted by molar-refractivity contribution is 0.482. The van der Waals surface area contributed by atoms with E-state index in [2.05, 4.69) is 16.3 Å². The van der Waals surface area contributed by atoms with E-state index in [4.69, 9.17) is 10.00 Å². The molecule has 0 spiro atoms. The van der Waals surface area contributed by atoms with E-state index < -0.39 is 26.6 Å². The molecule has 5 aromatic carbocycles. The molecule has 0 fully saturated rings. The second-order valence-corrected chi connectivity index (χ2v) is 12.6. The SMILES string of the molecule is Cc1cccc(-c2cc(F)c(S(=O)(=O)N(Cc3nncn3Cc3ccc(C#N)cc3)c3ccc(Oc4ccccc4)cc3)cc2F)c1. The predicted molar refractivity (Wildman–Crippen MR) is 173 cm³/mol. The van der Waals surface area contributed by atoms with Crippen LogP contribution in [0.2, 0.25) is 0 Å². The summed E-state index contributed by atoms with van der Waals surface area (Å²) in [5.74, 6) is -0.699. The molecular weight excluding hydrogens is 620 g/mol. The molecule has 8 nitrogen and oxygen atoms in total. The largest absolute Gasteiger partial charge is 0.457 e. The van der Waals surface area contributed by atoms with E-state index in [1.807, 2.05) is 31.2 Å². The van der Waals surface area contributed by atoms with Crippen LogP contribution in [0.5, 0.6) is 11.5 Å². The van der Waals surface area contributed by atoms with Gasteiger partial charge in [0, 0.05) is 5.56 Å². The Morgan fingerprint density at radius 2 is 1.57 bits per heavy atom. The van der Waals surface area contributed by atoms with Crippen molar-refractivity contribution in [2.24, 2.45) is 0 Å². The number of aryl methyl sites for hydroxylation is 1. The number of benzene rings is 5. The number of nitrogens with zero attached hydrogens (tertiary/aromatic N) is 5. The van der Waals surface area contributed by atoms with Gasteiger partial charge in [-0.05, 0) is 78.7 Å². The first kappa shape index (κ1) is 31.1. The Bertz CT molecular complexity index is 2180. The molecule has 47 heavy (non-hydrogen) atoms. The van der Waals surface area contributed by atoms with E-state index >= 15 is 8.78 Å². The molecule has 0 aliphatic carbocycles. The van der Waals surface area contributed by atoms with Crippen LogP contribution < -0.4 is 9.04 Å². The van der Waals surface area contributed by atoms with Gasteiger partial charge in [0.15, 0.2) is 5.82 Å². The number of hydrogen-bond donors (Lipinski definition) is 0. The second kappa shape index (κ2) is 13.2. The minimum atomic E-state index is -4.70. The molecule has 1 heterocycles. The van der Waals surface area contributed by atoms with Crippen LogP contribution in [-0.2, 0) is 23.1 Å². The number of hydrogen-bond acceptors (Lipinski definition) is 6. The van der Waals surface area contributed by atoms with Crippen LogP contribution in [0.15, 0.2) is 126 Å². The van der Waals surface area contributed by atoms with E-state index in [9.17, 15) is 8.42 Å². The fourth-order valence-electron chi connectivity index (χ4n) is 5.04. The molecule has 11 heteroatoms. The summed E-state index contributed by atoms with van der Waals surface area (Å²) >= 11 is 0. The van der Waals surface area contributed by atoms with Gasteiger partial charge < -0.3 is 9.30 Å². The van der Waals surface area contributed by atoms with Gasteiger partial charge in [0.2, 0.25) is 0 Å². The Labute approximate surface area is 270 Å². The third-order valence-electron chi connectivity index (χ3n) is 7.44. The van der Waals surface area contributed by atoms with Gasteiger partial charge in [0.25, 0.3) is 10.0 Å². The lowest BCUT2D eigenvalue weighted by Crippen LogP contribution is -2.32. The number of ether oxygens (including phenoxy) is 1. The van der Waals surface area contributed by atoms with Crippen molar-refractivity contribution in [1.29, 1.82) is 5.26 Å². The van der Waals surface area contributed by atoms with Crippen LogP contribution in [0, 0.1) is 29.9 Å². The maximum Gasteiger partial charge on any atom is 0.267 e. The summed E-state index contributed by atoms with van der Waals surface area (Å²) in [6.45, 7) is 1.75. The van der Waals surface area contributed by atoms with Crippen molar-refractivity contribution in [3.8, 4) is 28.7 Å². The average Bonchev–Trinajstić information content (AvgIpc) is 3.52. The van der Waals surface area contributed by atoms with Gasteiger partial charge in [-0.2, -0.15) is 5.26 Å². The fourth-order valence-corrected chi connectivity index (χ4v) is 6.52. The first-order valence-corrected chi connectivity index (χ1v) is 15.9. The molecule has 1 aromatic heterocycles. The Morgan fingerprint density at radius 3 is 2.28 bits per heavy atom. The van der Waals surface area contributed by atoms with Crippen molar-refractivity contribution in [3.63, 3.8) is 0 Å². The number of rotatable bonds is 10. The molecule has 0 atom stereocenters. The van der Waals surface area contributed by atoms with Crippen molar-refractivity contribution in [1.82, 2.24) is 14.8 Å². The number of sulfonamides is 1. The molecule has 0 N–H and O–H groups in total. The molecule has 0 aliphatic rings. The first-order chi connectivity index (χ1) is 22.7. The normalized spacial score (nSPS) is 11.2. The highest BCUT2D eigenvalue weighted by atomic mass is 32.2. The molecule has 0 aliphatic heterocycles. The summed E-state index contributed by atoms with van der Waals surface area (Å²) in [5.41, 5.74) is 2.70. The first-order valence-electron chi connectivity index (χ1n) is 14.5. The molecule has 0 saturated carbocycles. The summed E-state index contributed by atoms with van der Waals surface area (Å²) in [5, 5.41) is 17.3. The van der Waals surface area contributed by atoms with Crippen LogP contribution in [0.25, 0.3) is 11.1 Å². The van der Waals surface area contributed by atoms with E-state index in [0.29, 0.717) is 28.7 Å². The van der Waals surface area contributed by atoms with Crippen molar-refractivity contribution in [2.75, 3.05) is 4.31 Å². The van der Waals surface area contributed by atoms with Gasteiger partial charge in [-0.15, -0.1) is 10.2 Å². The maximum atomic E-state index is 15.8. The molecule has 0 radical (unpaired) electrons. The lowest BCUT2D eigenvalue weighted by Gasteiger charge is -2.25. The van der Waals surface area contributed by atoms with Crippen LogP contribution in [0.1, 0.15) is 22.5 Å². The van der Waals surface area contributed by atoms with Crippen molar-refractivity contribution in [2.45, 2.75) is 24.9 Å². The molecular formula is C36H27F2N5O3S. The Hall–Kier alpha value is -5.86. The van der Waals surface area contributed by atoms with Crippen LogP contribution in [0.4, 0.5) is 14.5 Å². The van der Waals surface area contributed by atoms with Gasteiger partial charge >= 0.3 is 0 Å². The molecule has 0 saturated heterocycles. The number of halogens is 2. The zero-order chi connectivity index (χ0) is 33.0. The lowest BCUT2D eigenvalue weighted by atomic mass is 10.0. The van der Waals surface area contributed by atoms with Crippen molar-refractivity contribution < 1.29 is 21.9 Å². The minimum Gasteiger partial charge on any atom is -0.457 e. The van der Waals surface area contributed by atoms with Gasteiger partial charge in [0.05, 0.1) is 30.4 Å². The maximum absolute atomic E-state index is 15.8. The van der Waals surface area contributed by atoms with Crippen LogP contribution in [0.3, 0.4) is 0 Å². The molecule has 0 amide bonds. The quantitative estimate of drug-likeness (QED) is 0.152. The summed E-state index contributed by atoms with van der Waals surface area (Å²) in [4.78, 5) is -0.825. The molecule has 6 rings (SSSR count).